The number of amides is 1. The molecule has 7 heteroatoms. The van der Waals surface area contributed by atoms with E-state index in [1.54, 1.807) is 29.6 Å². The fourth-order valence-corrected chi connectivity index (χ4v) is 2.12. The van der Waals surface area contributed by atoms with Gasteiger partial charge in [-0.25, -0.2) is 0 Å². The maximum Gasteiger partial charge on any atom is 0.262 e. The lowest BCUT2D eigenvalue weighted by Crippen LogP contribution is -3.03. The van der Waals surface area contributed by atoms with Crippen molar-refractivity contribution in [1.29, 1.82) is 0 Å². The van der Waals surface area contributed by atoms with Gasteiger partial charge in [-0.2, -0.15) is 0 Å². The second-order valence-corrected chi connectivity index (χ2v) is 8.34. The van der Waals surface area contributed by atoms with Crippen molar-refractivity contribution >= 4 is 52.3 Å². The predicted octanol–water partition coefficient (Wildman–Crippen LogP) is 3.13. The molecule has 0 saturated carbocycles. The van der Waals surface area contributed by atoms with Gasteiger partial charge in [0.2, 0.25) is 6.17 Å². The van der Waals surface area contributed by atoms with E-state index >= 15 is 0 Å². The van der Waals surface area contributed by atoms with Gasteiger partial charge in [0.1, 0.15) is 0 Å². The van der Waals surface area contributed by atoms with Crippen molar-refractivity contribution in [3.63, 3.8) is 0 Å². The minimum Gasteiger partial charge on any atom is -0.319 e. The maximum absolute atomic E-state index is 12.2. The second kappa shape index (κ2) is 6.71. The molecule has 0 heterocycles. The lowest BCUT2D eigenvalue weighted by Gasteiger charge is -2.29. The van der Waals surface area contributed by atoms with E-state index in [2.05, 4.69) is 5.32 Å². The highest BCUT2D eigenvalue weighted by molar-refractivity contribution is 6.68. The first-order valence-electron chi connectivity index (χ1n) is 5.98. The highest BCUT2D eigenvalue weighted by Crippen LogP contribution is 2.28. The van der Waals surface area contributed by atoms with Crippen LogP contribution in [0.4, 0.5) is 0 Å². The van der Waals surface area contributed by atoms with Crippen LogP contribution in [0.1, 0.15) is 31.1 Å². The minimum absolute atomic E-state index is 0.212. The van der Waals surface area contributed by atoms with Crippen molar-refractivity contribution in [1.82, 2.24) is 5.32 Å². The Morgan fingerprint density at radius 1 is 1.25 bits per heavy atom. The van der Waals surface area contributed by atoms with Gasteiger partial charge in [0, 0.05) is 10.6 Å². The van der Waals surface area contributed by atoms with Crippen LogP contribution in [0, 0.1) is 0 Å². The number of hydrogen-bond donors (Lipinski definition) is 2. The Balaban J connectivity index is 2.88. The van der Waals surface area contributed by atoms with Crippen molar-refractivity contribution in [2.45, 2.75) is 36.3 Å². The highest BCUT2D eigenvalue weighted by atomic mass is 35.6. The molecule has 3 nitrogen and oxygen atoms in total. The minimum atomic E-state index is -1.62. The number of carbonyl (C=O) groups is 1. The van der Waals surface area contributed by atoms with Gasteiger partial charge >= 0.3 is 0 Å². The molecule has 0 saturated heterocycles. The Morgan fingerprint density at radius 3 is 2.30 bits per heavy atom. The zero-order valence-electron chi connectivity index (χ0n) is 11.4. The fourth-order valence-electron chi connectivity index (χ4n) is 1.57. The monoisotopic (exact) mass is 357 g/mol. The molecule has 0 aliphatic carbocycles. The second-order valence-electron chi connectivity index (χ2n) is 5.54. The van der Waals surface area contributed by atoms with Crippen LogP contribution >= 0.6 is 46.4 Å². The molecule has 0 unspecified atom stereocenters. The fraction of sp³-hybridized carbons (Fsp3) is 0.462. The molecule has 0 radical (unpaired) electrons. The van der Waals surface area contributed by atoms with E-state index in [4.69, 9.17) is 46.4 Å². The van der Waals surface area contributed by atoms with Gasteiger partial charge in [-0.1, -0.05) is 52.5 Å². The van der Waals surface area contributed by atoms with E-state index in [0.29, 0.717) is 10.6 Å². The Bertz CT molecular complexity index is 480. The lowest BCUT2D eigenvalue weighted by atomic mass is 10.1. The highest BCUT2D eigenvalue weighted by Gasteiger charge is 2.40. The Hall–Kier alpha value is -0.190. The Morgan fingerprint density at radius 2 is 1.85 bits per heavy atom. The largest absolute Gasteiger partial charge is 0.319 e. The van der Waals surface area contributed by atoms with Crippen molar-refractivity contribution in [3.05, 3.63) is 34.9 Å². The van der Waals surface area contributed by atoms with Crippen molar-refractivity contribution in [2.75, 3.05) is 0 Å². The van der Waals surface area contributed by atoms with Crippen LogP contribution < -0.4 is 10.6 Å². The molecule has 1 aromatic rings. The van der Waals surface area contributed by atoms with Gasteiger partial charge in [0.05, 0.1) is 5.54 Å². The standard InChI is InChI=1S/C13H16Cl4N2O/c1-12(2,3)19-11(13(15,16)17)18-10(20)8-5-4-6-9(14)7-8/h4-7,11,19H,1-3H3,(H,18,20)/p+1/t11-/m0/s1. The Labute approximate surface area is 138 Å². The summed E-state index contributed by atoms with van der Waals surface area (Å²) in [5.74, 6) is -0.343. The molecular weight excluding hydrogens is 342 g/mol. The van der Waals surface area contributed by atoms with Gasteiger partial charge in [0.15, 0.2) is 0 Å². The van der Waals surface area contributed by atoms with E-state index < -0.39 is 9.96 Å². The van der Waals surface area contributed by atoms with Gasteiger partial charge in [0.25, 0.3) is 9.70 Å². The molecule has 0 spiro atoms. The summed E-state index contributed by atoms with van der Waals surface area (Å²) >= 11 is 23.6. The molecule has 20 heavy (non-hydrogen) atoms. The summed E-state index contributed by atoms with van der Waals surface area (Å²) < 4.78 is -1.62. The normalized spacial score (nSPS) is 13.9. The van der Waals surface area contributed by atoms with Gasteiger partial charge < -0.3 is 5.32 Å². The van der Waals surface area contributed by atoms with Crippen LogP contribution in [0.3, 0.4) is 0 Å². The molecule has 0 bridgehead atoms. The maximum atomic E-state index is 12.2. The summed E-state index contributed by atoms with van der Waals surface area (Å²) in [6, 6.07) is 6.58. The van der Waals surface area contributed by atoms with Gasteiger partial charge in [-0.3, -0.25) is 10.1 Å². The van der Waals surface area contributed by atoms with E-state index in [9.17, 15) is 4.79 Å². The number of quaternary nitrogens is 1. The summed E-state index contributed by atoms with van der Waals surface area (Å²) in [6.07, 6.45) is -0.709. The summed E-state index contributed by atoms with van der Waals surface area (Å²) in [4.78, 5) is 12.2. The molecule has 0 aliphatic heterocycles. The predicted molar refractivity (Wildman–Crippen MR) is 84.7 cm³/mol. The molecule has 1 atom stereocenters. The number of alkyl halides is 3. The summed E-state index contributed by atoms with van der Waals surface area (Å²) in [7, 11) is 0. The summed E-state index contributed by atoms with van der Waals surface area (Å²) in [6.45, 7) is 5.88. The smallest absolute Gasteiger partial charge is 0.262 e. The average Bonchev–Trinajstić information content (AvgIpc) is 2.25. The first-order chi connectivity index (χ1) is 8.99. The summed E-state index contributed by atoms with van der Waals surface area (Å²) in [5, 5.41) is 4.98. The molecule has 0 aromatic heterocycles. The number of nitrogens with two attached hydrogens (primary N) is 1. The first kappa shape index (κ1) is 17.9. The topological polar surface area (TPSA) is 45.7 Å². The number of benzene rings is 1. The van der Waals surface area contributed by atoms with Crippen molar-refractivity contribution in [2.24, 2.45) is 0 Å². The SMILES string of the molecule is CC(C)(C)[NH2+][C@H](NC(=O)c1cccc(Cl)c1)C(Cl)(Cl)Cl. The number of nitrogens with one attached hydrogen (secondary N) is 1. The van der Waals surface area contributed by atoms with E-state index in [-0.39, 0.29) is 11.4 Å². The third-order valence-electron chi connectivity index (χ3n) is 2.39. The van der Waals surface area contributed by atoms with E-state index in [0.717, 1.165) is 0 Å². The number of rotatable bonds is 3. The third kappa shape index (κ3) is 6.06. The van der Waals surface area contributed by atoms with Crippen LogP contribution in [-0.4, -0.2) is 21.4 Å². The average molecular weight is 359 g/mol. The van der Waals surface area contributed by atoms with Crippen LogP contribution in [0.2, 0.25) is 5.02 Å². The van der Waals surface area contributed by atoms with E-state index in [1.165, 1.54) is 0 Å². The van der Waals surface area contributed by atoms with Crippen molar-refractivity contribution < 1.29 is 10.1 Å². The molecule has 1 aromatic carbocycles. The number of hydrogen-bond acceptors (Lipinski definition) is 1. The molecule has 1 amide bonds. The quantitative estimate of drug-likeness (QED) is 0.632. The third-order valence-corrected chi connectivity index (χ3v) is 3.33. The molecule has 3 N–H and O–H groups in total. The molecular formula is C13H17Cl4N2O+. The molecule has 1 rings (SSSR count). The Kier molecular flexibility index (Phi) is 6.00. The lowest BCUT2D eigenvalue weighted by molar-refractivity contribution is -0.749. The van der Waals surface area contributed by atoms with Crippen LogP contribution in [0.15, 0.2) is 24.3 Å². The molecule has 0 fully saturated rings. The zero-order valence-corrected chi connectivity index (χ0v) is 14.4. The number of halogens is 4. The van der Waals surface area contributed by atoms with Crippen LogP contribution in [-0.2, 0) is 0 Å². The summed E-state index contributed by atoms with van der Waals surface area (Å²) in [5.41, 5.74) is 0.204. The molecule has 112 valence electrons. The van der Waals surface area contributed by atoms with Crippen LogP contribution in [0.5, 0.6) is 0 Å². The van der Waals surface area contributed by atoms with Crippen LogP contribution in [0.25, 0.3) is 0 Å². The van der Waals surface area contributed by atoms with Crippen molar-refractivity contribution in [3.8, 4) is 0 Å². The first-order valence-corrected chi connectivity index (χ1v) is 7.49. The van der Waals surface area contributed by atoms with Gasteiger partial charge in [-0.05, 0) is 39.0 Å². The molecule has 0 aliphatic rings. The van der Waals surface area contributed by atoms with E-state index in [1.807, 2.05) is 20.8 Å². The zero-order chi connectivity index (χ0) is 15.6. The number of carbonyl (C=O) groups excluding carboxylic acids is 1. The van der Waals surface area contributed by atoms with Gasteiger partial charge in [-0.15, -0.1) is 0 Å².